The summed E-state index contributed by atoms with van der Waals surface area (Å²) in [6.45, 7) is 2.64. The molecular formula is C11H15Cl2NOS. The van der Waals surface area contributed by atoms with E-state index in [1.54, 1.807) is 12.3 Å². The molecule has 0 aliphatic heterocycles. The molecule has 1 N–H and O–H groups in total. The maximum absolute atomic E-state index is 11.0. The van der Waals surface area contributed by atoms with Crippen LogP contribution in [0.15, 0.2) is 18.2 Å². The third kappa shape index (κ3) is 4.42. The van der Waals surface area contributed by atoms with E-state index in [2.05, 4.69) is 5.32 Å². The van der Waals surface area contributed by atoms with E-state index in [-0.39, 0.29) is 6.04 Å². The number of benzene rings is 1. The van der Waals surface area contributed by atoms with E-state index in [1.165, 1.54) is 0 Å². The first kappa shape index (κ1) is 14.0. The predicted molar refractivity (Wildman–Crippen MR) is 71.7 cm³/mol. The van der Waals surface area contributed by atoms with Crippen molar-refractivity contribution in [3.8, 4) is 0 Å². The highest BCUT2D eigenvalue weighted by Gasteiger charge is 2.07. The van der Waals surface area contributed by atoms with Gasteiger partial charge in [0.1, 0.15) is 0 Å². The van der Waals surface area contributed by atoms with Gasteiger partial charge in [-0.25, -0.2) is 0 Å². The lowest BCUT2D eigenvalue weighted by Crippen LogP contribution is -2.30. The van der Waals surface area contributed by atoms with Gasteiger partial charge in [0.25, 0.3) is 0 Å². The highest BCUT2D eigenvalue weighted by atomic mass is 35.5. The van der Waals surface area contributed by atoms with Gasteiger partial charge in [0.05, 0.1) is 10.0 Å². The van der Waals surface area contributed by atoms with Crippen LogP contribution in [0.1, 0.15) is 12.5 Å². The van der Waals surface area contributed by atoms with E-state index >= 15 is 0 Å². The standard InChI is InChI=1S/C11H15Cl2NOS/c1-8(7-16(2)15)14-6-9-4-3-5-10(12)11(9)13/h3-5,8,14H,6-7H2,1-2H3. The van der Waals surface area contributed by atoms with Crippen molar-refractivity contribution in [2.75, 3.05) is 12.0 Å². The third-order valence-electron chi connectivity index (χ3n) is 2.16. The van der Waals surface area contributed by atoms with Crippen LogP contribution in [0.2, 0.25) is 10.0 Å². The monoisotopic (exact) mass is 279 g/mol. The zero-order valence-corrected chi connectivity index (χ0v) is 11.6. The summed E-state index contributed by atoms with van der Waals surface area (Å²) < 4.78 is 11.0. The van der Waals surface area contributed by atoms with Crippen LogP contribution in [-0.4, -0.2) is 22.3 Å². The minimum atomic E-state index is -0.785. The highest BCUT2D eigenvalue weighted by molar-refractivity contribution is 7.84. The van der Waals surface area contributed by atoms with E-state index in [9.17, 15) is 4.21 Å². The molecule has 16 heavy (non-hydrogen) atoms. The van der Waals surface area contributed by atoms with Gasteiger partial charge in [-0.15, -0.1) is 0 Å². The lowest BCUT2D eigenvalue weighted by molar-refractivity contribution is 0.587. The van der Waals surface area contributed by atoms with Crippen molar-refractivity contribution < 1.29 is 4.21 Å². The maximum Gasteiger partial charge on any atom is 0.0637 e. The maximum atomic E-state index is 11.0. The van der Waals surface area contributed by atoms with Crippen molar-refractivity contribution in [3.63, 3.8) is 0 Å². The molecule has 0 fully saturated rings. The summed E-state index contributed by atoms with van der Waals surface area (Å²) in [6.07, 6.45) is 1.70. The number of halogens is 2. The van der Waals surface area contributed by atoms with Crippen LogP contribution < -0.4 is 5.32 Å². The van der Waals surface area contributed by atoms with E-state index < -0.39 is 10.8 Å². The average molecular weight is 280 g/mol. The molecule has 0 aromatic heterocycles. The minimum Gasteiger partial charge on any atom is -0.309 e. The van der Waals surface area contributed by atoms with E-state index in [4.69, 9.17) is 23.2 Å². The van der Waals surface area contributed by atoms with Crippen molar-refractivity contribution >= 4 is 34.0 Å². The average Bonchev–Trinajstić information content (AvgIpc) is 2.19. The summed E-state index contributed by atoms with van der Waals surface area (Å²) in [6, 6.07) is 5.75. The first-order valence-electron chi connectivity index (χ1n) is 4.97. The Hall–Kier alpha value is -0.0900. The Balaban J connectivity index is 2.54. The van der Waals surface area contributed by atoms with Crippen molar-refractivity contribution in [2.45, 2.75) is 19.5 Å². The number of rotatable bonds is 5. The van der Waals surface area contributed by atoms with Gasteiger partial charge in [-0.05, 0) is 18.6 Å². The van der Waals surface area contributed by atoms with Gasteiger partial charge in [-0.1, -0.05) is 35.3 Å². The zero-order chi connectivity index (χ0) is 12.1. The van der Waals surface area contributed by atoms with Crippen LogP contribution in [0.3, 0.4) is 0 Å². The molecule has 2 nitrogen and oxygen atoms in total. The number of hydrogen-bond acceptors (Lipinski definition) is 2. The molecule has 1 aromatic rings. The molecule has 5 heteroatoms. The SMILES string of the molecule is CC(CS(C)=O)NCc1cccc(Cl)c1Cl. The van der Waals surface area contributed by atoms with Gasteiger partial charge < -0.3 is 5.32 Å². The van der Waals surface area contributed by atoms with Crippen molar-refractivity contribution in [1.82, 2.24) is 5.32 Å². The summed E-state index contributed by atoms with van der Waals surface area (Å²) in [4.78, 5) is 0. The Bertz CT molecular complexity index is 384. The van der Waals surface area contributed by atoms with Gasteiger partial charge in [-0.2, -0.15) is 0 Å². The Morgan fingerprint density at radius 2 is 2.12 bits per heavy atom. The Kier molecular flexibility index (Phi) is 5.76. The summed E-state index contributed by atoms with van der Waals surface area (Å²) in [5, 5.41) is 4.41. The quantitative estimate of drug-likeness (QED) is 0.898. The molecule has 1 rings (SSSR count). The van der Waals surface area contributed by atoms with Gasteiger partial charge in [0.2, 0.25) is 0 Å². The fraction of sp³-hybridized carbons (Fsp3) is 0.455. The lowest BCUT2D eigenvalue weighted by atomic mass is 10.2. The second-order valence-corrected chi connectivity index (χ2v) is 6.00. The fourth-order valence-corrected chi connectivity index (χ4v) is 2.59. The molecule has 0 spiro atoms. The molecule has 0 amide bonds. The number of hydrogen-bond donors (Lipinski definition) is 1. The summed E-state index contributed by atoms with van der Waals surface area (Å²) in [7, 11) is -0.785. The molecule has 0 saturated carbocycles. The normalized spacial score (nSPS) is 14.8. The Morgan fingerprint density at radius 3 is 2.75 bits per heavy atom. The third-order valence-corrected chi connectivity index (χ3v) is 3.98. The van der Waals surface area contributed by atoms with Crippen LogP contribution in [0, 0.1) is 0 Å². The molecular weight excluding hydrogens is 265 g/mol. The fourth-order valence-electron chi connectivity index (χ4n) is 1.38. The second kappa shape index (κ2) is 6.60. The minimum absolute atomic E-state index is 0.195. The van der Waals surface area contributed by atoms with Gasteiger partial charge in [0, 0.05) is 35.4 Å². The van der Waals surface area contributed by atoms with Crippen molar-refractivity contribution in [2.24, 2.45) is 0 Å². The topological polar surface area (TPSA) is 29.1 Å². The zero-order valence-electron chi connectivity index (χ0n) is 9.30. The predicted octanol–water partition coefficient (Wildman–Crippen LogP) is 2.85. The van der Waals surface area contributed by atoms with E-state index in [0.29, 0.717) is 22.3 Å². The van der Waals surface area contributed by atoms with Crippen LogP contribution in [0.4, 0.5) is 0 Å². The van der Waals surface area contributed by atoms with Crippen LogP contribution in [-0.2, 0) is 17.3 Å². The molecule has 1 aromatic carbocycles. The highest BCUT2D eigenvalue weighted by Crippen LogP contribution is 2.25. The summed E-state index contributed by atoms with van der Waals surface area (Å²) >= 11 is 12.0. The van der Waals surface area contributed by atoms with Crippen LogP contribution in [0.5, 0.6) is 0 Å². The van der Waals surface area contributed by atoms with E-state index in [0.717, 1.165) is 5.56 Å². The van der Waals surface area contributed by atoms with Gasteiger partial charge >= 0.3 is 0 Å². The molecule has 0 aliphatic carbocycles. The molecule has 0 saturated heterocycles. The van der Waals surface area contributed by atoms with Gasteiger partial charge in [-0.3, -0.25) is 4.21 Å². The first-order valence-corrected chi connectivity index (χ1v) is 7.45. The lowest BCUT2D eigenvalue weighted by Gasteiger charge is -2.13. The Labute approximate surface area is 109 Å². The van der Waals surface area contributed by atoms with Crippen LogP contribution in [0.25, 0.3) is 0 Å². The summed E-state index contributed by atoms with van der Waals surface area (Å²) in [5.41, 5.74) is 0.961. The Morgan fingerprint density at radius 1 is 1.44 bits per heavy atom. The first-order chi connectivity index (χ1) is 7.50. The number of nitrogens with one attached hydrogen (secondary N) is 1. The molecule has 0 heterocycles. The van der Waals surface area contributed by atoms with Crippen LogP contribution >= 0.6 is 23.2 Å². The summed E-state index contributed by atoms with van der Waals surface area (Å²) in [5.74, 6) is 0.637. The molecule has 90 valence electrons. The smallest absolute Gasteiger partial charge is 0.0637 e. The molecule has 0 bridgehead atoms. The molecule has 2 atom stereocenters. The van der Waals surface area contributed by atoms with Crippen molar-refractivity contribution in [3.05, 3.63) is 33.8 Å². The molecule has 0 radical (unpaired) electrons. The largest absolute Gasteiger partial charge is 0.309 e. The van der Waals surface area contributed by atoms with Gasteiger partial charge in [0.15, 0.2) is 0 Å². The second-order valence-electron chi connectivity index (χ2n) is 3.73. The molecule has 0 aliphatic rings. The van der Waals surface area contributed by atoms with E-state index in [1.807, 2.05) is 19.1 Å². The molecule has 2 unspecified atom stereocenters. The van der Waals surface area contributed by atoms with Crippen molar-refractivity contribution in [1.29, 1.82) is 0 Å².